The minimum Gasteiger partial charge on any atom is -0.345 e. The van der Waals surface area contributed by atoms with E-state index in [9.17, 15) is 9.59 Å². The zero-order valence-corrected chi connectivity index (χ0v) is 19.2. The molecular formula is C21H30N6O2S. The molecule has 0 radical (unpaired) electrons. The molecule has 2 amide bonds. The summed E-state index contributed by atoms with van der Waals surface area (Å²) in [4.78, 5) is 42.9. The van der Waals surface area contributed by atoms with E-state index in [4.69, 9.17) is 0 Å². The normalized spacial score (nSPS) is 15.2. The van der Waals surface area contributed by atoms with Crippen LogP contribution in [0.25, 0.3) is 0 Å². The van der Waals surface area contributed by atoms with E-state index in [1.807, 2.05) is 13.8 Å². The molecule has 2 aromatic rings. The Hall–Kier alpha value is -2.39. The molecule has 30 heavy (non-hydrogen) atoms. The van der Waals surface area contributed by atoms with Gasteiger partial charge in [0.15, 0.2) is 5.13 Å². The second-order valence-corrected chi connectivity index (χ2v) is 9.10. The maximum atomic E-state index is 12.4. The standard InChI is InChI=1S/C21H30N6O2S/c1-6-17-14(3)30-21(24-17)25-18(28)12-27-9-7-15(8-10-27)19-22-11-16(13(2)23-19)20(29)26(4)5/h11,15H,6-10,12H2,1-5H3,(H,24,25,28). The Kier molecular flexibility index (Phi) is 7.14. The molecule has 3 rings (SSSR count). The van der Waals surface area contributed by atoms with Gasteiger partial charge in [-0.1, -0.05) is 6.92 Å². The summed E-state index contributed by atoms with van der Waals surface area (Å²) in [5, 5.41) is 3.61. The van der Waals surface area contributed by atoms with Crippen molar-refractivity contribution in [1.82, 2.24) is 24.8 Å². The number of thiazole rings is 1. The van der Waals surface area contributed by atoms with Gasteiger partial charge in [-0.25, -0.2) is 15.0 Å². The molecule has 8 nitrogen and oxygen atoms in total. The van der Waals surface area contributed by atoms with Gasteiger partial charge in [0.05, 0.1) is 23.5 Å². The van der Waals surface area contributed by atoms with Crippen LogP contribution in [-0.2, 0) is 11.2 Å². The quantitative estimate of drug-likeness (QED) is 0.758. The molecule has 0 bridgehead atoms. The van der Waals surface area contributed by atoms with Crippen molar-refractivity contribution in [2.24, 2.45) is 0 Å². The maximum absolute atomic E-state index is 12.4. The van der Waals surface area contributed by atoms with Gasteiger partial charge in [-0.3, -0.25) is 14.5 Å². The van der Waals surface area contributed by atoms with Gasteiger partial charge in [-0.2, -0.15) is 0 Å². The van der Waals surface area contributed by atoms with Crippen molar-refractivity contribution in [1.29, 1.82) is 0 Å². The minimum atomic E-state index is -0.0821. The smallest absolute Gasteiger partial charge is 0.256 e. The Balaban J connectivity index is 1.52. The summed E-state index contributed by atoms with van der Waals surface area (Å²) in [5.74, 6) is 0.933. The Morgan fingerprint density at radius 1 is 1.23 bits per heavy atom. The van der Waals surface area contributed by atoms with Crippen LogP contribution in [0.15, 0.2) is 6.20 Å². The van der Waals surface area contributed by atoms with Gasteiger partial charge in [0.2, 0.25) is 5.91 Å². The highest BCUT2D eigenvalue weighted by molar-refractivity contribution is 7.15. The van der Waals surface area contributed by atoms with Crippen LogP contribution in [0.4, 0.5) is 5.13 Å². The van der Waals surface area contributed by atoms with Gasteiger partial charge >= 0.3 is 0 Å². The Labute approximate surface area is 181 Å². The molecule has 1 fully saturated rings. The molecule has 3 heterocycles. The van der Waals surface area contributed by atoms with Crippen molar-refractivity contribution in [3.63, 3.8) is 0 Å². The van der Waals surface area contributed by atoms with Crippen LogP contribution < -0.4 is 5.32 Å². The lowest BCUT2D eigenvalue weighted by atomic mass is 9.95. The van der Waals surface area contributed by atoms with Crippen LogP contribution in [0.1, 0.15) is 58.1 Å². The highest BCUT2D eigenvalue weighted by Gasteiger charge is 2.25. The molecule has 9 heteroatoms. The number of aryl methyl sites for hydroxylation is 3. The van der Waals surface area contributed by atoms with Gasteiger partial charge in [-0.05, 0) is 46.2 Å². The number of carbonyl (C=O) groups is 2. The first kappa shape index (κ1) is 22.3. The summed E-state index contributed by atoms with van der Waals surface area (Å²) in [6, 6.07) is 0. The molecule has 1 saturated heterocycles. The average molecular weight is 431 g/mol. The molecule has 1 N–H and O–H groups in total. The van der Waals surface area contributed by atoms with E-state index < -0.39 is 0 Å². The summed E-state index contributed by atoms with van der Waals surface area (Å²) < 4.78 is 0. The van der Waals surface area contributed by atoms with E-state index in [1.54, 1.807) is 20.3 Å². The average Bonchev–Trinajstić information content (AvgIpc) is 3.06. The topological polar surface area (TPSA) is 91.3 Å². The summed E-state index contributed by atoms with van der Waals surface area (Å²) in [6.07, 6.45) is 4.30. The molecule has 0 atom stereocenters. The number of hydrogen-bond acceptors (Lipinski definition) is 7. The van der Waals surface area contributed by atoms with E-state index in [1.165, 1.54) is 16.2 Å². The summed E-state index contributed by atoms with van der Waals surface area (Å²) in [5.41, 5.74) is 2.30. The van der Waals surface area contributed by atoms with Crippen molar-refractivity contribution < 1.29 is 9.59 Å². The van der Waals surface area contributed by atoms with Crippen molar-refractivity contribution in [2.75, 3.05) is 39.0 Å². The van der Waals surface area contributed by atoms with Crippen LogP contribution in [-0.4, -0.2) is 70.3 Å². The van der Waals surface area contributed by atoms with Gasteiger partial charge < -0.3 is 10.2 Å². The van der Waals surface area contributed by atoms with Crippen molar-refractivity contribution in [3.8, 4) is 0 Å². The molecule has 1 aliphatic rings. The SMILES string of the molecule is CCc1nc(NC(=O)CN2CCC(c3ncc(C(=O)N(C)C)c(C)n3)CC2)sc1C. The van der Waals surface area contributed by atoms with Crippen LogP contribution in [0.5, 0.6) is 0 Å². The summed E-state index contributed by atoms with van der Waals surface area (Å²) >= 11 is 1.53. The van der Waals surface area contributed by atoms with Gasteiger partial charge in [0, 0.05) is 31.1 Å². The van der Waals surface area contributed by atoms with E-state index in [2.05, 4.69) is 32.1 Å². The third-order valence-corrected chi connectivity index (χ3v) is 6.36. The first-order valence-corrected chi connectivity index (χ1v) is 11.1. The lowest BCUT2D eigenvalue weighted by Gasteiger charge is -2.30. The number of nitrogens with one attached hydrogen (secondary N) is 1. The lowest BCUT2D eigenvalue weighted by Crippen LogP contribution is -2.39. The zero-order chi connectivity index (χ0) is 21.8. The van der Waals surface area contributed by atoms with Crippen LogP contribution in [0, 0.1) is 13.8 Å². The molecule has 2 aromatic heterocycles. The van der Waals surface area contributed by atoms with E-state index in [-0.39, 0.29) is 17.7 Å². The molecule has 0 aromatic carbocycles. The zero-order valence-electron chi connectivity index (χ0n) is 18.4. The number of rotatable bonds is 6. The molecule has 1 aliphatic heterocycles. The molecule has 0 spiro atoms. The van der Waals surface area contributed by atoms with Crippen LogP contribution in [0.3, 0.4) is 0 Å². The fraction of sp³-hybridized carbons (Fsp3) is 0.571. The number of piperidine rings is 1. The summed E-state index contributed by atoms with van der Waals surface area (Å²) in [6.45, 7) is 7.95. The second kappa shape index (κ2) is 9.61. The van der Waals surface area contributed by atoms with Crippen molar-refractivity contribution >= 4 is 28.3 Å². The Morgan fingerprint density at radius 3 is 2.50 bits per heavy atom. The number of likely N-dealkylation sites (tertiary alicyclic amines) is 1. The van der Waals surface area contributed by atoms with Crippen molar-refractivity contribution in [2.45, 2.75) is 46.0 Å². The predicted molar refractivity (Wildman–Crippen MR) is 118 cm³/mol. The minimum absolute atomic E-state index is 0.0245. The maximum Gasteiger partial charge on any atom is 0.256 e. The largest absolute Gasteiger partial charge is 0.345 e. The van der Waals surface area contributed by atoms with E-state index >= 15 is 0 Å². The van der Waals surface area contributed by atoms with Gasteiger partial charge in [0.25, 0.3) is 5.91 Å². The highest BCUT2D eigenvalue weighted by Crippen LogP contribution is 2.26. The molecule has 0 unspecified atom stereocenters. The predicted octanol–water partition coefficient (Wildman–Crippen LogP) is 2.63. The molecular weight excluding hydrogens is 400 g/mol. The van der Waals surface area contributed by atoms with E-state index in [0.717, 1.165) is 48.7 Å². The Bertz CT molecular complexity index is 918. The molecule has 162 valence electrons. The number of anilines is 1. The lowest BCUT2D eigenvalue weighted by molar-refractivity contribution is -0.117. The highest BCUT2D eigenvalue weighted by atomic mass is 32.1. The van der Waals surface area contributed by atoms with Crippen LogP contribution >= 0.6 is 11.3 Å². The number of nitrogens with zero attached hydrogens (tertiary/aromatic N) is 5. The number of amides is 2. The number of hydrogen-bond donors (Lipinski definition) is 1. The van der Waals surface area contributed by atoms with Crippen molar-refractivity contribution in [3.05, 3.63) is 33.8 Å². The number of carbonyl (C=O) groups excluding carboxylic acids is 2. The molecule has 0 aliphatic carbocycles. The fourth-order valence-corrected chi connectivity index (χ4v) is 4.57. The van der Waals surface area contributed by atoms with Gasteiger partial charge in [-0.15, -0.1) is 11.3 Å². The van der Waals surface area contributed by atoms with Crippen LogP contribution in [0.2, 0.25) is 0 Å². The first-order valence-electron chi connectivity index (χ1n) is 10.3. The van der Waals surface area contributed by atoms with E-state index in [0.29, 0.717) is 22.9 Å². The molecule has 0 saturated carbocycles. The third-order valence-electron chi connectivity index (χ3n) is 5.43. The fourth-order valence-electron chi connectivity index (χ4n) is 3.65. The second-order valence-electron chi connectivity index (χ2n) is 7.90. The third kappa shape index (κ3) is 5.20. The first-order chi connectivity index (χ1) is 14.3. The van der Waals surface area contributed by atoms with Gasteiger partial charge in [0.1, 0.15) is 5.82 Å². The number of aromatic nitrogens is 3. The summed E-state index contributed by atoms with van der Waals surface area (Å²) in [7, 11) is 3.44. The Morgan fingerprint density at radius 2 is 1.93 bits per heavy atom. The monoisotopic (exact) mass is 430 g/mol.